The number of amides is 1. The fourth-order valence-electron chi connectivity index (χ4n) is 4.15. The molecule has 4 N–H and O–H groups in total. The molecular formula is C25H28N8O2. The number of nitrogens with zero attached hydrogens (tertiary/aromatic N) is 5. The van der Waals surface area contributed by atoms with Crippen molar-refractivity contribution in [2.45, 2.75) is 31.7 Å². The fourth-order valence-corrected chi connectivity index (χ4v) is 4.15. The summed E-state index contributed by atoms with van der Waals surface area (Å²) < 4.78 is 5.42. The molecule has 3 aromatic rings. The lowest BCUT2D eigenvalue weighted by molar-refractivity contribution is -0.117. The lowest BCUT2D eigenvalue weighted by Gasteiger charge is -2.28. The number of carbonyl (C=O) groups excluding carboxylic acids is 1. The van der Waals surface area contributed by atoms with E-state index < -0.39 is 0 Å². The summed E-state index contributed by atoms with van der Waals surface area (Å²) in [4.78, 5) is 32.7. The van der Waals surface area contributed by atoms with Crippen molar-refractivity contribution in [1.29, 1.82) is 0 Å². The number of hydrogen-bond acceptors (Lipinski definition) is 8. The maximum Gasteiger partial charge on any atom is 0.228 e. The van der Waals surface area contributed by atoms with Crippen molar-refractivity contribution in [2.24, 2.45) is 16.6 Å². The van der Waals surface area contributed by atoms with Gasteiger partial charge in [-0.3, -0.25) is 4.79 Å². The molecule has 6 rings (SSSR count). The predicted molar refractivity (Wildman–Crippen MR) is 135 cm³/mol. The molecule has 3 aliphatic rings. The second-order valence-electron chi connectivity index (χ2n) is 9.29. The Labute approximate surface area is 203 Å². The standard InChI is InChI=1S/C25H28N8O2/c26-23(31-21-6-5-17(12-27-21)33-7-9-35-10-8-33)19-13-29-24(30-16-3-4-16)20-14-28-22(11-18(19)20)32-25(34)15-1-2-15/h5-6,11-16H,1-4,7-10H2,(H,29,30)(H2,26,27,31)(H,28,32,34). The van der Waals surface area contributed by atoms with Crippen LogP contribution in [0, 0.1) is 5.92 Å². The zero-order chi connectivity index (χ0) is 23.8. The van der Waals surface area contributed by atoms with Crippen molar-refractivity contribution in [3.05, 3.63) is 42.4 Å². The van der Waals surface area contributed by atoms with E-state index in [4.69, 9.17) is 10.5 Å². The minimum atomic E-state index is 0.00924. The monoisotopic (exact) mass is 472 g/mol. The first-order valence-corrected chi connectivity index (χ1v) is 12.1. The van der Waals surface area contributed by atoms with Crippen LogP contribution in [0.15, 0.2) is 41.8 Å². The summed E-state index contributed by atoms with van der Waals surface area (Å²) in [7, 11) is 0. The number of morpholine rings is 1. The number of nitrogens with two attached hydrogens (primary N) is 1. The van der Waals surface area contributed by atoms with E-state index in [9.17, 15) is 4.79 Å². The van der Waals surface area contributed by atoms with Crippen LogP contribution < -0.4 is 21.3 Å². The van der Waals surface area contributed by atoms with Crippen LogP contribution in [-0.2, 0) is 9.53 Å². The molecule has 4 heterocycles. The Morgan fingerprint density at radius 1 is 1.03 bits per heavy atom. The summed E-state index contributed by atoms with van der Waals surface area (Å²) in [6.45, 7) is 3.13. The molecule has 0 aromatic carbocycles. The van der Waals surface area contributed by atoms with Crippen molar-refractivity contribution in [3.8, 4) is 0 Å². The third-order valence-electron chi connectivity index (χ3n) is 6.51. The van der Waals surface area contributed by atoms with E-state index in [-0.39, 0.29) is 11.8 Å². The van der Waals surface area contributed by atoms with E-state index in [1.54, 1.807) is 12.4 Å². The van der Waals surface area contributed by atoms with Gasteiger partial charge >= 0.3 is 0 Å². The largest absolute Gasteiger partial charge is 0.383 e. The summed E-state index contributed by atoms with van der Waals surface area (Å²) in [5, 5.41) is 8.05. The number of aliphatic imine (C=N–C) groups is 1. The summed E-state index contributed by atoms with van der Waals surface area (Å²) >= 11 is 0. The molecule has 0 atom stereocenters. The van der Waals surface area contributed by atoms with Gasteiger partial charge in [0.2, 0.25) is 5.91 Å². The number of ether oxygens (including phenoxy) is 1. The maximum atomic E-state index is 12.3. The lowest BCUT2D eigenvalue weighted by Crippen LogP contribution is -2.36. The highest BCUT2D eigenvalue weighted by atomic mass is 16.5. The highest BCUT2D eigenvalue weighted by Crippen LogP contribution is 2.33. The van der Waals surface area contributed by atoms with Gasteiger partial charge in [-0.2, -0.15) is 0 Å². The van der Waals surface area contributed by atoms with Crippen LogP contribution in [0.1, 0.15) is 31.2 Å². The van der Waals surface area contributed by atoms with E-state index >= 15 is 0 Å². The van der Waals surface area contributed by atoms with Gasteiger partial charge in [0, 0.05) is 53.8 Å². The van der Waals surface area contributed by atoms with Crippen LogP contribution >= 0.6 is 0 Å². The molecule has 3 fully saturated rings. The number of hydrogen-bond donors (Lipinski definition) is 3. The van der Waals surface area contributed by atoms with Crippen LogP contribution in [0.2, 0.25) is 0 Å². The molecule has 1 aliphatic heterocycles. The van der Waals surface area contributed by atoms with Crippen molar-refractivity contribution in [2.75, 3.05) is 41.8 Å². The van der Waals surface area contributed by atoms with Gasteiger partial charge in [-0.1, -0.05) is 0 Å². The van der Waals surface area contributed by atoms with Crippen molar-refractivity contribution in [3.63, 3.8) is 0 Å². The molecule has 10 heteroatoms. The molecule has 2 aliphatic carbocycles. The molecule has 1 amide bonds. The Balaban J connectivity index is 1.31. The quantitative estimate of drug-likeness (QED) is 0.353. The minimum absolute atomic E-state index is 0.00924. The Morgan fingerprint density at radius 3 is 2.57 bits per heavy atom. The topological polar surface area (TPSA) is 131 Å². The highest BCUT2D eigenvalue weighted by molar-refractivity contribution is 6.12. The van der Waals surface area contributed by atoms with Gasteiger partial charge in [0.25, 0.3) is 0 Å². The molecule has 0 bridgehead atoms. The van der Waals surface area contributed by atoms with E-state index in [0.29, 0.717) is 29.1 Å². The summed E-state index contributed by atoms with van der Waals surface area (Å²) in [5.41, 5.74) is 8.17. The SMILES string of the molecule is NC(=Nc1ccc(N2CCOCC2)cn1)c1cnc(NC2CC2)c2cnc(NC(=O)C3CC3)cc12. The number of aromatic nitrogens is 3. The van der Waals surface area contributed by atoms with Crippen LogP contribution in [0.25, 0.3) is 10.8 Å². The number of carbonyl (C=O) groups is 1. The average Bonchev–Trinajstić information content (AvgIpc) is 3.80. The van der Waals surface area contributed by atoms with Crippen LogP contribution in [0.3, 0.4) is 0 Å². The number of pyridine rings is 3. The molecule has 3 aromatic heterocycles. The summed E-state index contributed by atoms with van der Waals surface area (Å²) in [6.07, 6.45) is 9.39. The normalized spacial score (nSPS) is 18.5. The van der Waals surface area contributed by atoms with Crippen molar-refractivity contribution in [1.82, 2.24) is 15.0 Å². The van der Waals surface area contributed by atoms with Gasteiger partial charge in [-0.25, -0.2) is 19.9 Å². The first-order chi connectivity index (χ1) is 17.1. The molecule has 35 heavy (non-hydrogen) atoms. The second-order valence-corrected chi connectivity index (χ2v) is 9.29. The molecule has 0 spiro atoms. The van der Waals surface area contributed by atoms with Crippen molar-refractivity contribution >= 4 is 45.7 Å². The van der Waals surface area contributed by atoms with E-state index in [2.05, 4.69) is 35.5 Å². The lowest BCUT2D eigenvalue weighted by atomic mass is 10.1. The smallest absolute Gasteiger partial charge is 0.228 e. The summed E-state index contributed by atoms with van der Waals surface area (Å²) in [6, 6.07) is 6.14. The van der Waals surface area contributed by atoms with Gasteiger partial charge in [0.05, 0.1) is 25.1 Å². The van der Waals surface area contributed by atoms with Crippen LogP contribution in [0.4, 0.5) is 23.1 Å². The van der Waals surface area contributed by atoms with Gasteiger partial charge in [0.1, 0.15) is 17.5 Å². The molecule has 0 unspecified atom stereocenters. The second kappa shape index (κ2) is 9.10. The minimum Gasteiger partial charge on any atom is -0.383 e. The first-order valence-electron chi connectivity index (χ1n) is 12.1. The Morgan fingerprint density at radius 2 is 1.86 bits per heavy atom. The van der Waals surface area contributed by atoms with Crippen LogP contribution in [-0.4, -0.2) is 59.0 Å². The fraction of sp³-hybridized carbons (Fsp3) is 0.400. The molecule has 1 saturated heterocycles. The average molecular weight is 473 g/mol. The van der Waals surface area contributed by atoms with Gasteiger partial charge in [-0.05, 0) is 43.9 Å². The van der Waals surface area contributed by atoms with Gasteiger partial charge in [0.15, 0.2) is 5.82 Å². The zero-order valence-corrected chi connectivity index (χ0v) is 19.4. The number of amidine groups is 1. The third kappa shape index (κ3) is 4.88. The van der Waals surface area contributed by atoms with Crippen LogP contribution in [0.5, 0.6) is 0 Å². The molecule has 10 nitrogen and oxygen atoms in total. The third-order valence-corrected chi connectivity index (χ3v) is 6.51. The number of fused-ring (bicyclic) bond motifs is 1. The Kier molecular flexibility index (Phi) is 5.65. The van der Waals surface area contributed by atoms with Gasteiger partial charge in [-0.15, -0.1) is 0 Å². The molecule has 0 radical (unpaired) electrons. The van der Waals surface area contributed by atoms with E-state index in [0.717, 1.165) is 74.3 Å². The predicted octanol–water partition coefficient (Wildman–Crippen LogP) is 2.82. The first kappa shape index (κ1) is 21.7. The molecule has 180 valence electrons. The van der Waals surface area contributed by atoms with E-state index in [1.807, 2.05) is 24.4 Å². The maximum absolute atomic E-state index is 12.3. The highest BCUT2D eigenvalue weighted by Gasteiger charge is 2.30. The van der Waals surface area contributed by atoms with E-state index in [1.165, 1.54) is 0 Å². The number of nitrogens with one attached hydrogen (secondary N) is 2. The zero-order valence-electron chi connectivity index (χ0n) is 19.4. The molecular weight excluding hydrogens is 444 g/mol. The number of anilines is 3. The molecule has 2 saturated carbocycles. The Hall–Kier alpha value is -3.79. The summed E-state index contributed by atoms with van der Waals surface area (Å²) in [5.74, 6) is 2.19. The van der Waals surface area contributed by atoms with Gasteiger partial charge < -0.3 is 26.0 Å². The Bertz CT molecular complexity index is 1280. The number of rotatable bonds is 7. The van der Waals surface area contributed by atoms with Crippen molar-refractivity contribution < 1.29 is 9.53 Å².